The second-order valence-electron chi connectivity index (χ2n) is 6.35. The van der Waals surface area contributed by atoms with Crippen molar-refractivity contribution >= 4 is 45.6 Å². The zero-order valence-electron chi connectivity index (χ0n) is 14.7. The first-order valence-electron chi connectivity index (χ1n) is 8.32. The normalized spacial score (nSPS) is 12.0. The van der Waals surface area contributed by atoms with Crippen LogP contribution in [0.2, 0.25) is 15.1 Å². The summed E-state index contributed by atoms with van der Waals surface area (Å²) in [5, 5.41) is 10.7. The van der Waals surface area contributed by atoms with E-state index in [1.54, 1.807) is 31.3 Å². The van der Waals surface area contributed by atoms with Gasteiger partial charge in [0.1, 0.15) is 0 Å². The molecule has 4 aromatic rings. The van der Waals surface area contributed by atoms with Crippen molar-refractivity contribution < 1.29 is 13.2 Å². The standard InChI is InChI=1S/C20H11Cl3F3N3/c1-29-18(12-4-2-3-5-14(12)20(24,25)26)27-28-19(29)17-11-7-6-10(21)8-13(11)15(22)9-16(17)23/h2-9H,1H3. The quantitative estimate of drug-likeness (QED) is 0.317. The number of rotatable bonds is 2. The van der Waals surface area contributed by atoms with Gasteiger partial charge in [-0.05, 0) is 29.7 Å². The van der Waals surface area contributed by atoms with E-state index < -0.39 is 11.7 Å². The molecule has 1 aromatic heterocycles. The Balaban J connectivity index is 1.97. The largest absolute Gasteiger partial charge is 0.417 e. The molecule has 0 N–H and O–H groups in total. The maximum atomic E-state index is 13.4. The van der Waals surface area contributed by atoms with E-state index in [0.717, 1.165) is 6.07 Å². The van der Waals surface area contributed by atoms with E-state index in [0.29, 0.717) is 37.2 Å². The van der Waals surface area contributed by atoms with E-state index in [1.807, 2.05) is 0 Å². The van der Waals surface area contributed by atoms with Gasteiger partial charge in [-0.25, -0.2) is 0 Å². The average molecular weight is 457 g/mol. The Hall–Kier alpha value is -2.28. The van der Waals surface area contributed by atoms with Gasteiger partial charge < -0.3 is 4.57 Å². The third-order valence-corrected chi connectivity index (χ3v) is 5.42. The van der Waals surface area contributed by atoms with Gasteiger partial charge in [0.2, 0.25) is 0 Å². The molecule has 1 heterocycles. The van der Waals surface area contributed by atoms with Gasteiger partial charge in [-0.3, -0.25) is 0 Å². The summed E-state index contributed by atoms with van der Waals surface area (Å²) in [6.07, 6.45) is -4.52. The Bertz CT molecular complexity index is 1250. The fourth-order valence-electron chi connectivity index (χ4n) is 3.26. The van der Waals surface area contributed by atoms with E-state index in [-0.39, 0.29) is 11.4 Å². The van der Waals surface area contributed by atoms with E-state index in [4.69, 9.17) is 34.8 Å². The number of hydrogen-bond donors (Lipinski definition) is 0. The van der Waals surface area contributed by atoms with Crippen LogP contribution in [0, 0.1) is 0 Å². The van der Waals surface area contributed by atoms with Crippen LogP contribution in [-0.2, 0) is 13.2 Å². The van der Waals surface area contributed by atoms with Gasteiger partial charge in [0.05, 0.1) is 10.6 Å². The van der Waals surface area contributed by atoms with Gasteiger partial charge in [0.25, 0.3) is 0 Å². The van der Waals surface area contributed by atoms with Crippen LogP contribution in [0.4, 0.5) is 13.2 Å². The van der Waals surface area contributed by atoms with Crippen molar-refractivity contribution in [3.63, 3.8) is 0 Å². The molecule has 148 valence electrons. The first-order chi connectivity index (χ1) is 13.7. The average Bonchev–Trinajstić information content (AvgIpc) is 3.03. The summed E-state index contributed by atoms with van der Waals surface area (Å²) in [4.78, 5) is 0. The Morgan fingerprint density at radius 3 is 2.24 bits per heavy atom. The molecule has 29 heavy (non-hydrogen) atoms. The molecule has 0 aliphatic heterocycles. The van der Waals surface area contributed by atoms with E-state index >= 15 is 0 Å². The van der Waals surface area contributed by atoms with Crippen molar-refractivity contribution in [2.24, 2.45) is 7.05 Å². The highest BCUT2D eigenvalue weighted by Gasteiger charge is 2.34. The molecule has 0 atom stereocenters. The number of aromatic nitrogens is 3. The Kier molecular flexibility index (Phi) is 4.97. The third-order valence-electron chi connectivity index (χ3n) is 4.57. The Morgan fingerprint density at radius 2 is 1.52 bits per heavy atom. The number of fused-ring (bicyclic) bond motifs is 1. The smallest absolute Gasteiger partial charge is 0.310 e. The summed E-state index contributed by atoms with van der Waals surface area (Å²) in [6.45, 7) is 0. The van der Waals surface area contributed by atoms with Crippen molar-refractivity contribution in [3.05, 3.63) is 69.2 Å². The number of nitrogens with zero attached hydrogens (tertiary/aromatic N) is 3. The summed E-state index contributed by atoms with van der Waals surface area (Å²) in [5.41, 5.74) is -0.354. The van der Waals surface area contributed by atoms with E-state index in [9.17, 15) is 13.2 Å². The molecule has 0 aliphatic rings. The summed E-state index contributed by atoms with van der Waals surface area (Å²) in [6, 6.07) is 11.9. The Morgan fingerprint density at radius 1 is 0.828 bits per heavy atom. The fraction of sp³-hybridized carbons (Fsp3) is 0.100. The maximum absolute atomic E-state index is 13.4. The van der Waals surface area contributed by atoms with Crippen LogP contribution in [0.25, 0.3) is 33.5 Å². The van der Waals surface area contributed by atoms with Gasteiger partial charge in [-0.2, -0.15) is 13.2 Å². The minimum Gasteiger partial charge on any atom is -0.310 e. The highest BCUT2D eigenvalue weighted by Crippen LogP contribution is 2.41. The topological polar surface area (TPSA) is 30.7 Å². The lowest BCUT2D eigenvalue weighted by Gasteiger charge is -2.13. The zero-order chi connectivity index (χ0) is 20.9. The van der Waals surface area contributed by atoms with Gasteiger partial charge in [-0.1, -0.05) is 59.1 Å². The summed E-state index contributed by atoms with van der Waals surface area (Å²) in [7, 11) is 1.59. The highest BCUT2D eigenvalue weighted by molar-refractivity contribution is 6.41. The summed E-state index contributed by atoms with van der Waals surface area (Å²) in [5.74, 6) is 0.382. The van der Waals surface area contributed by atoms with Crippen molar-refractivity contribution in [1.82, 2.24) is 14.8 Å². The molecule has 0 saturated heterocycles. The molecular weight excluding hydrogens is 446 g/mol. The number of benzene rings is 3. The van der Waals surface area contributed by atoms with Gasteiger partial charge in [-0.15, -0.1) is 10.2 Å². The Labute approximate surface area is 178 Å². The SMILES string of the molecule is Cn1c(-c2ccccc2C(F)(F)F)nnc1-c1c(Cl)cc(Cl)c2cc(Cl)ccc12. The predicted octanol–water partition coefficient (Wildman–Crippen LogP) is 7.28. The molecule has 0 aliphatic carbocycles. The van der Waals surface area contributed by atoms with Crippen molar-refractivity contribution in [1.29, 1.82) is 0 Å². The lowest BCUT2D eigenvalue weighted by Crippen LogP contribution is -2.08. The zero-order valence-corrected chi connectivity index (χ0v) is 17.0. The van der Waals surface area contributed by atoms with Crippen molar-refractivity contribution in [3.8, 4) is 22.8 Å². The monoisotopic (exact) mass is 455 g/mol. The van der Waals surface area contributed by atoms with Gasteiger partial charge in [0, 0.05) is 33.6 Å². The van der Waals surface area contributed by atoms with Crippen LogP contribution in [-0.4, -0.2) is 14.8 Å². The maximum Gasteiger partial charge on any atom is 0.417 e. The molecule has 3 nitrogen and oxygen atoms in total. The summed E-state index contributed by atoms with van der Waals surface area (Å²) < 4.78 is 41.8. The van der Waals surface area contributed by atoms with Crippen LogP contribution in [0.1, 0.15) is 5.56 Å². The molecule has 9 heteroatoms. The highest BCUT2D eigenvalue weighted by atomic mass is 35.5. The van der Waals surface area contributed by atoms with E-state index in [1.165, 1.54) is 22.8 Å². The molecule has 0 fully saturated rings. The molecular formula is C20H11Cl3F3N3. The number of alkyl halides is 3. The third kappa shape index (κ3) is 3.45. The van der Waals surface area contributed by atoms with Crippen LogP contribution in [0.5, 0.6) is 0 Å². The minimum absolute atomic E-state index is 0.0704. The first-order valence-corrected chi connectivity index (χ1v) is 9.45. The second-order valence-corrected chi connectivity index (χ2v) is 7.61. The molecule has 0 spiro atoms. The van der Waals surface area contributed by atoms with Crippen LogP contribution < -0.4 is 0 Å². The minimum atomic E-state index is -4.52. The van der Waals surface area contributed by atoms with Crippen LogP contribution in [0.3, 0.4) is 0 Å². The summed E-state index contributed by atoms with van der Waals surface area (Å²) >= 11 is 18.8. The molecule has 3 aromatic carbocycles. The number of hydrogen-bond acceptors (Lipinski definition) is 2. The van der Waals surface area contributed by atoms with E-state index in [2.05, 4.69) is 10.2 Å². The molecule has 4 rings (SSSR count). The number of halogens is 6. The molecule has 0 radical (unpaired) electrons. The lowest BCUT2D eigenvalue weighted by molar-refractivity contribution is -0.137. The van der Waals surface area contributed by atoms with Crippen LogP contribution >= 0.6 is 34.8 Å². The lowest BCUT2D eigenvalue weighted by atomic mass is 10.0. The van der Waals surface area contributed by atoms with Crippen LogP contribution in [0.15, 0.2) is 48.5 Å². The first kappa shape index (κ1) is 20.0. The fourth-order valence-corrected chi connectivity index (χ4v) is 4.04. The molecule has 0 unspecified atom stereocenters. The van der Waals surface area contributed by atoms with Crippen molar-refractivity contribution in [2.45, 2.75) is 6.18 Å². The molecule has 0 bridgehead atoms. The van der Waals surface area contributed by atoms with Gasteiger partial charge in [0.15, 0.2) is 11.6 Å². The second kappa shape index (κ2) is 7.20. The van der Waals surface area contributed by atoms with Crippen molar-refractivity contribution in [2.75, 3.05) is 0 Å². The molecule has 0 saturated carbocycles. The predicted molar refractivity (Wildman–Crippen MR) is 109 cm³/mol. The molecule has 0 amide bonds. The van der Waals surface area contributed by atoms with Gasteiger partial charge >= 0.3 is 6.18 Å².